The molecule has 0 fully saturated rings. The zero-order chi connectivity index (χ0) is 15.4. The van der Waals surface area contributed by atoms with Crippen molar-refractivity contribution in [2.45, 2.75) is 40.2 Å². The van der Waals surface area contributed by atoms with Crippen molar-refractivity contribution in [2.24, 2.45) is 0 Å². The maximum absolute atomic E-state index is 12.5. The third-order valence-electron chi connectivity index (χ3n) is 3.41. The number of benzene rings is 1. The highest BCUT2D eigenvalue weighted by atomic mass is 19.3. The summed E-state index contributed by atoms with van der Waals surface area (Å²) in [5.74, 6) is 0.118. The minimum Gasteiger partial charge on any atom is -0.432 e. The van der Waals surface area contributed by atoms with Gasteiger partial charge in [0.05, 0.1) is 0 Å². The highest BCUT2D eigenvalue weighted by Gasteiger charge is 2.15. The van der Waals surface area contributed by atoms with Gasteiger partial charge in [-0.3, -0.25) is 0 Å². The predicted molar refractivity (Wildman–Crippen MR) is 81.3 cm³/mol. The Labute approximate surface area is 123 Å². The van der Waals surface area contributed by atoms with Gasteiger partial charge >= 0.3 is 6.61 Å². The molecule has 0 atom stereocenters. The fourth-order valence-electron chi connectivity index (χ4n) is 2.49. The lowest BCUT2D eigenvalue weighted by Crippen LogP contribution is -2.08. The molecule has 2 aromatic rings. The Morgan fingerprint density at radius 3 is 2.67 bits per heavy atom. The number of para-hydroxylation sites is 1. The smallest absolute Gasteiger partial charge is 0.387 e. The Balaban J connectivity index is 2.65. The van der Waals surface area contributed by atoms with Crippen molar-refractivity contribution >= 4 is 16.6 Å². The number of aryl methyl sites for hydroxylation is 1. The van der Waals surface area contributed by atoms with Crippen molar-refractivity contribution in [3.05, 3.63) is 29.5 Å². The summed E-state index contributed by atoms with van der Waals surface area (Å²) in [4.78, 5) is 4.47. The number of fused-ring (bicyclic) bond motifs is 1. The van der Waals surface area contributed by atoms with Crippen LogP contribution in [0.3, 0.4) is 0 Å². The molecular weight excluding hydrogens is 274 g/mol. The van der Waals surface area contributed by atoms with Gasteiger partial charge in [0.2, 0.25) is 0 Å². The molecule has 2 rings (SSSR count). The van der Waals surface area contributed by atoms with Crippen LogP contribution in [0.5, 0.6) is 5.75 Å². The predicted octanol–water partition coefficient (Wildman–Crippen LogP) is 4.53. The van der Waals surface area contributed by atoms with Crippen LogP contribution >= 0.6 is 0 Å². The van der Waals surface area contributed by atoms with Gasteiger partial charge in [-0.15, -0.1) is 0 Å². The van der Waals surface area contributed by atoms with E-state index in [-0.39, 0.29) is 5.75 Å². The highest BCUT2D eigenvalue weighted by Crippen LogP contribution is 2.34. The number of rotatable bonds is 6. The van der Waals surface area contributed by atoms with Crippen molar-refractivity contribution in [1.29, 1.82) is 0 Å². The third kappa shape index (κ3) is 3.23. The number of nitrogens with zero attached hydrogens (tertiary/aromatic N) is 1. The Bertz CT molecular complexity index is 629. The van der Waals surface area contributed by atoms with E-state index in [2.05, 4.69) is 28.9 Å². The average molecular weight is 294 g/mol. The number of hydrogen-bond donors (Lipinski definition) is 1. The molecule has 0 bridgehead atoms. The monoisotopic (exact) mass is 294 g/mol. The van der Waals surface area contributed by atoms with E-state index in [1.165, 1.54) is 6.07 Å². The van der Waals surface area contributed by atoms with Crippen LogP contribution in [0.4, 0.5) is 14.5 Å². The summed E-state index contributed by atoms with van der Waals surface area (Å²) in [6.07, 6.45) is 1.82. The normalized spacial score (nSPS) is 11.1. The van der Waals surface area contributed by atoms with E-state index in [9.17, 15) is 8.78 Å². The Morgan fingerprint density at radius 2 is 2.05 bits per heavy atom. The third-order valence-corrected chi connectivity index (χ3v) is 3.41. The van der Waals surface area contributed by atoms with Crippen LogP contribution in [-0.2, 0) is 6.42 Å². The van der Waals surface area contributed by atoms with Crippen LogP contribution in [0, 0.1) is 6.92 Å². The van der Waals surface area contributed by atoms with E-state index in [0.29, 0.717) is 5.52 Å². The van der Waals surface area contributed by atoms with E-state index in [1.54, 1.807) is 6.07 Å². The topological polar surface area (TPSA) is 34.2 Å². The van der Waals surface area contributed by atoms with Crippen molar-refractivity contribution in [3.63, 3.8) is 0 Å². The minimum absolute atomic E-state index is 0.118. The van der Waals surface area contributed by atoms with Gasteiger partial charge < -0.3 is 10.1 Å². The number of ether oxygens (including phenoxy) is 1. The SMILES string of the molecule is CCCNc1c(CC)c(C)nc2c(OC(F)F)cccc12. The fraction of sp³-hybridized carbons (Fsp3) is 0.438. The summed E-state index contributed by atoms with van der Waals surface area (Å²) in [6.45, 7) is 4.02. The van der Waals surface area contributed by atoms with Crippen LogP contribution in [0.2, 0.25) is 0 Å². The Kier molecular flexibility index (Phi) is 4.94. The van der Waals surface area contributed by atoms with Crippen LogP contribution in [-0.4, -0.2) is 18.1 Å². The molecule has 1 heterocycles. The van der Waals surface area contributed by atoms with Crippen molar-refractivity contribution in [3.8, 4) is 5.75 Å². The highest BCUT2D eigenvalue weighted by molar-refractivity contribution is 5.96. The van der Waals surface area contributed by atoms with Crippen LogP contribution < -0.4 is 10.1 Å². The quantitative estimate of drug-likeness (QED) is 0.850. The molecule has 0 saturated carbocycles. The van der Waals surface area contributed by atoms with Gasteiger partial charge in [0.25, 0.3) is 0 Å². The molecule has 0 aliphatic rings. The van der Waals surface area contributed by atoms with Gasteiger partial charge in [-0.25, -0.2) is 4.98 Å². The van der Waals surface area contributed by atoms with Crippen LogP contribution in [0.1, 0.15) is 31.5 Å². The van der Waals surface area contributed by atoms with Gasteiger partial charge in [-0.2, -0.15) is 8.78 Å². The standard InChI is InChI=1S/C16H20F2N2O/c1-4-9-19-14-11(5-2)10(3)20-15-12(14)7-6-8-13(15)21-16(17)18/h6-8,16H,4-5,9H2,1-3H3,(H,19,20). The Morgan fingerprint density at radius 1 is 1.29 bits per heavy atom. The maximum Gasteiger partial charge on any atom is 0.387 e. The van der Waals surface area contributed by atoms with Gasteiger partial charge in [0, 0.05) is 23.3 Å². The number of nitrogens with one attached hydrogen (secondary N) is 1. The molecule has 21 heavy (non-hydrogen) atoms. The first-order valence-electron chi connectivity index (χ1n) is 7.19. The minimum atomic E-state index is -2.85. The lowest BCUT2D eigenvalue weighted by atomic mass is 10.0. The van der Waals surface area contributed by atoms with E-state index < -0.39 is 6.61 Å². The maximum atomic E-state index is 12.5. The Hall–Kier alpha value is -1.91. The second-order valence-electron chi connectivity index (χ2n) is 4.86. The first kappa shape index (κ1) is 15.5. The summed E-state index contributed by atoms with van der Waals surface area (Å²) in [6, 6.07) is 5.13. The molecule has 0 saturated heterocycles. The zero-order valence-electron chi connectivity index (χ0n) is 12.5. The zero-order valence-corrected chi connectivity index (χ0v) is 12.5. The first-order valence-corrected chi connectivity index (χ1v) is 7.19. The molecule has 0 unspecified atom stereocenters. The first-order chi connectivity index (χ1) is 10.1. The number of aromatic nitrogens is 1. The molecule has 0 spiro atoms. The largest absolute Gasteiger partial charge is 0.432 e. The number of halogens is 2. The molecule has 1 aromatic heterocycles. The van der Waals surface area contributed by atoms with Crippen molar-refractivity contribution < 1.29 is 13.5 Å². The molecule has 3 nitrogen and oxygen atoms in total. The van der Waals surface area contributed by atoms with Crippen molar-refractivity contribution in [2.75, 3.05) is 11.9 Å². The van der Waals surface area contributed by atoms with Gasteiger partial charge in [0.15, 0.2) is 5.75 Å². The lowest BCUT2D eigenvalue weighted by Gasteiger charge is -2.17. The molecule has 1 N–H and O–H groups in total. The summed E-state index contributed by atoms with van der Waals surface area (Å²) >= 11 is 0. The van der Waals surface area contributed by atoms with Gasteiger partial charge in [0.1, 0.15) is 5.52 Å². The van der Waals surface area contributed by atoms with Crippen LogP contribution in [0.15, 0.2) is 18.2 Å². The van der Waals surface area contributed by atoms with E-state index in [1.807, 2.05) is 13.0 Å². The average Bonchev–Trinajstić information content (AvgIpc) is 2.44. The molecular formula is C16H20F2N2O. The molecule has 114 valence electrons. The molecule has 0 amide bonds. The molecule has 0 radical (unpaired) electrons. The summed E-state index contributed by atoms with van der Waals surface area (Å²) in [5.41, 5.74) is 3.41. The molecule has 0 aliphatic heterocycles. The summed E-state index contributed by atoms with van der Waals surface area (Å²) < 4.78 is 29.7. The number of hydrogen-bond acceptors (Lipinski definition) is 3. The second-order valence-corrected chi connectivity index (χ2v) is 4.86. The summed E-state index contributed by atoms with van der Waals surface area (Å²) in [7, 11) is 0. The number of anilines is 1. The van der Waals surface area contributed by atoms with E-state index in [4.69, 9.17) is 0 Å². The van der Waals surface area contributed by atoms with Gasteiger partial charge in [-0.05, 0) is 31.4 Å². The van der Waals surface area contributed by atoms with Gasteiger partial charge in [-0.1, -0.05) is 26.0 Å². The lowest BCUT2D eigenvalue weighted by molar-refractivity contribution is -0.0489. The fourth-order valence-corrected chi connectivity index (χ4v) is 2.49. The number of pyridine rings is 1. The second kappa shape index (κ2) is 6.70. The van der Waals surface area contributed by atoms with E-state index in [0.717, 1.165) is 41.7 Å². The summed E-state index contributed by atoms with van der Waals surface area (Å²) in [5, 5.41) is 4.22. The molecule has 5 heteroatoms. The van der Waals surface area contributed by atoms with Crippen molar-refractivity contribution in [1.82, 2.24) is 4.98 Å². The number of alkyl halides is 2. The molecule has 1 aromatic carbocycles. The molecule has 0 aliphatic carbocycles. The van der Waals surface area contributed by atoms with Crippen LogP contribution in [0.25, 0.3) is 10.9 Å². The van der Waals surface area contributed by atoms with E-state index >= 15 is 0 Å².